The molecule has 2 aromatic heterocycles. The van der Waals surface area contributed by atoms with Gasteiger partial charge >= 0.3 is 0 Å². The number of nitrogens with zero attached hydrogens (tertiary/aromatic N) is 4. The fourth-order valence-corrected chi connectivity index (χ4v) is 3.53. The Balaban J connectivity index is 1.38. The molecule has 152 valence electrons. The first-order chi connectivity index (χ1) is 14.6. The Morgan fingerprint density at radius 3 is 2.80 bits per heavy atom. The Morgan fingerprint density at radius 2 is 2.00 bits per heavy atom. The van der Waals surface area contributed by atoms with Gasteiger partial charge in [-0.2, -0.15) is 13.8 Å². The van der Waals surface area contributed by atoms with Gasteiger partial charge in [0, 0.05) is 11.8 Å². The van der Waals surface area contributed by atoms with E-state index in [2.05, 4.69) is 44.3 Å². The molecule has 8 heteroatoms. The van der Waals surface area contributed by atoms with Crippen LogP contribution in [0.15, 0.2) is 60.9 Å². The van der Waals surface area contributed by atoms with Gasteiger partial charge in [0.15, 0.2) is 0 Å². The molecule has 2 heterocycles. The molecule has 2 aromatic carbocycles. The van der Waals surface area contributed by atoms with Gasteiger partial charge in [0.2, 0.25) is 0 Å². The van der Waals surface area contributed by atoms with Crippen molar-refractivity contribution in [1.82, 2.24) is 18.5 Å². The van der Waals surface area contributed by atoms with E-state index >= 15 is 0 Å². The van der Waals surface area contributed by atoms with Gasteiger partial charge in [-0.15, -0.1) is 0 Å². The van der Waals surface area contributed by atoms with Crippen LogP contribution in [0.5, 0.6) is 5.75 Å². The van der Waals surface area contributed by atoms with E-state index in [0.717, 1.165) is 28.7 Å². The monoisotopic (exact) mass is 419 g/mol. The molecule has 0 saturated heterocycles. The molecule has 4 rings (SSSR count). The third-order valence-electron chi connectivity index (χ3n) is 4.54. The van der Waals surface area contributed by atoms with Crippen molar-refractivity contribution in [2.75, 3.05) is 5.32 Å². The first-order valence-electron chi connectivity index (χ1n) is 9.47. The van der Waals surface area contributed by atoms with E-state index in [1.807, 2.05) is 25.3 Å². The van der Waals surface area contributed by atoms with E-state index < -0.39 is 0 Å². The molecule has 0 aliphatic carbocycles. The molecule has 1 amide bonds. The number of hydrogen-bond acceptors (Lipinski definition) is 6. The van der Waals surface area contributed by atoms with Gasteiger partial charge in [0.25, 0.3) is 5.91 Å². The maximum atomic E-state index is 12.6. The highest BCUT2D eigenvalue weighted by Gasteiger charge is 2.10. The second kappa shape index (κ2) is 8.87. The molecule has 0 spiro atoms. The normalized spacial score (nSPS) is 10.7. The van der Waals surface area contributed by atoms with Crippen LogP contribution in [0, 0.1) is 13.8 Å². The summed E-state index contributed by atoms with van der Waals surface area (Å²) in [4.78, 5) is 12.6. The van der Waals surface area contributed by atoms with Crippen LogP contribution in [0.25, 0.3) is 0 Å². The van der Waals surface area contributed by atoms with E-state index in [1.54, 1.807) is 29.1 Å². The van der Waals surface area contributed by atoms with Crippen LogP contribution in [0.4, 0.5) is 5.69 Å². The van der Waals surface area contributed by atoms with Gasteiger partial charge in [-0.05, 0) is 37.6 Å². The number of amides is 1. The van der Waals surface area contributed by atoms with Crippen LogP contribution in [-0.2, 0) is 13.2 Å². The molecule has 1 N–H and O–H groups in total. The number of aromatic nitrogens is 4. The molecule has 30 heavy (non-hydrogen) atoms. The van der Waals surface area contributed by atoms with Crippen molar-refractivity contribution in [2.45, 2.75) is 27.0 Å². The fourth-order valence-electron chi connectivity index (χ4n) is 2.97. The van der Waals surface area contributed by atoms with Gasteiger partial charge < -0.3 is 10.1 Å². The first-order valence-corrected chi connectivity index (χ1v) is 10.2. The second-order valence-electron chi connectivity index (χ2n) is 6.98. The van der Waals surface area contributed by atoms with E-state index in [9.17, 15) is 4.79 Å². The Labute approximate surface area is 178 Å². The van der Waals surface area contributed by atoms with Crippen molar-refractivity contribution in [3.05, 3.63) is 89.0 Å². The number of benzene rings is 2. The lowest BCUT2D eigenvalue weighted by atomic mass is 10.1. The maximum absolute atomic E-state index is 12.6. The van der Waals surface area contributed by atoms with E-state index in [1.165, 1.54) is 5.56 Å². The van der Waals surface area contributed by atoms with Crippen LogP contribution in [0.3, 0.4) is 0 Å². The summed E-state index contributed by atoms with van der Waals surface area (Å²) in [6.45, 7) is 4.92. The van der Waals surface area contributed by atoms with Crippen molar-refractivity contribution < 1.29 is 9.53 Å². The third-order valence-corrected chi connectivity index (χ3v) is 5.19. The summed E-state index contributed by atoms with van der Waals surface area (Å²) in [5.74, 6) is 0.382. The minimum absolute atomic E-state index is 0.220. The third kappa shape index (κ3) is 4.90. The van der Waals surface area contributed by atoms with Gasteiger partial charge in [-0.1, -0.05) is 35.9 Å². The number of carbonyl (C=O) groups excluding carboxylic acids is 1. The van der Waals surface area contributed by atoms with Crippen LogP contribution in [0.2, 0.25) is 0 Å². The number of aryl methyl sites for hydroxylation is 2. The number of hydrogen-bond donors (Lipinski definition) is 1. The van der Waals surface area contributed by atoms with Crippen LogP contribution < -0.4 is 10.1 Å². The van der Waals surface area contributed by atoms with Crippen molar-refractivity contribution in [2.24, 2.45) is 0 Å². The summed E-state index contributed by atoms with van der Waals surface area (Å²) < 4.78 is 15.9. The summed E-state index contributed by atoms with van der Waals surface area (Å²) in [5, 5.41) is 7.22. The van der Waals surface area contributed by atoms with Gasteiger partial charge in [0.05, 0.1) is 35.9 Å². The smallest absolute Gasteiger partial charge is 0.255 e. The molecule has 0 saturated carbocycles. The average Bonchev–Trinajstić information content (AvgIpc) is 3.35. The Kier molecular flexibility index (Phi) is 5.85. The number of carbonyl (C=O) groups is 1. The summed E-state index contributed by atoms with van der Waals surface area (Å²) in [7, 11) is 0. The van der Waals surface area contributed by atoms with E-state index in [-0.39, 0.29) is 5.91 Å². The Hall–Kier alpha value is -3.52. The molecule has 0 aliphatic heterocycles. The van der Waals surface area contributed by atoms with Crippen molar-refractivity contribution >= 4 is 23.3 Å². The molecule has 0 bridgehead atoms. The second-order valence-corrected chi connectivity index (χ2v) is 7.51. The molecule has 0 fully saturated rings. The lowest BCUT2D eigenvalue weighted by Crippen LogP contribution is -2.11. The van der Waals surface area contributed by atoms with E-state index in [4.69, 9.17) is 4.74 Å². The molecule has 4 aromatic rings. The van der Waals surface area contributed by atoms with Gasteiger partial charge in [0.1, 0.15) is 18.1 Å². The zero-order chi connectivity index (χ0) is 20.9. The zero-order valence-corrected chi connectivity index (χ0v) is 17.5. The first kappa shape index (κ1) is 19.8. The number of anilines is 1. The van der Waals surface area contributed by atoms with Gasteiger partial charge in [-0.3, -0.25) is 9.48 Å². The molecule has 0 atom stereocenters. The summed E-state index contributed by atoms with van der Waals surface area (Å²) in [6, 6.07) is 15.3. The highest BCUT2D eigenvalue weighted by Crippen LogP contribution is 2.17. The summed E-state index contributed by atoms with van der Waals surface area (Å²) in [6.07, 6.45) is 3.46. The maximum Gasteiger partial charge on any atom is 0.255 e. The minimum Gasteiger partial charge on any atom is -0.487 e. The average molecular weight is 420 g/mol. The highest BCUT2D eigenvalue weighted by atomic mass is 32.1. The highest BCUT2D eigenvalue weighted by molar-refractivity contribution is 6.99. The predicted octanol–water partition coefficient (Wildman–Crippen LogP) is 4.23. The SMILES string of the molecule is Cc1cccc(Cn2cc(NC(=O)c3cccc(OCc4nsnc4C)c3)cn2)c1. The molecular formula is C22H21N5O2S. The van der Waals surface area contributed by atoms with Gasteiger partial charge in [-0.25, -0.2) is 0 Å². The number of ether oxygens (including phenoxy) is 1. The summed E-state index contributed by atoms with van der Waals surface area (Å²) >= 11 is 1.16. The van der Waals surface area contributed by atoms with Crippen LogP contribution >= 0.6 is 11.7 Å². The summed E-state index contributed by atoms with van der Waals surface area (Å²) in [5.41, 5.74) is 5.17. The lowest BCUT2D eigenvalue weighted by Gasteiger charge is -2.07. The van der Waals surface area contributed by atoms with Crippen molar-refractivity contribution in [3.8, 4) is 5.75 Å². The van der Waals surface area contributed by atoms with Crippen LogP contribution in [0.1, 0.15) is 32.9 Å². The fraction of sp³-hybridized carbons (Fsp3) is 0.182. The zero-order valence-electron chi connectivity index (χ0n) is 16.7. The molecule has 0 radical (unpaired) electrons. The largest absolute Gasteiger partial charge is 0.487 e. The van der Waals surface area contributed by atoms with Crippen LogP contribution in [-0.4, -0.2) is 24.4 Å². The van der Waals surface area contributed by atoms with E-state index in [0.29, 0.717) is 30.2 Å². The lowest BCUT2D eigenvalue weighted by molar-refractivity contribution is 0.102. The predicted molar refractivity (Wildman–Crippen MR) is 116 cm³/mol. The molecule has 0 aliphatic rings. The number of rotatable bonds is 7. The molecular weight excluding hydrogens is 398 g/mol. The van der Waals surface area contributed by atoms with Crippen molar-refractivity contribution in [1.29, 1.82) is 0 Å². The quantitative estimate of drug-likeness (QED) is 0.485. The standard InChI is InChI=1S/C22H21N5O2S/c1-15-5-3-6-17(9-15)12-27-13-19(11-23-27)24-22(28)18-7-4-8-20(10-18)29-14-21-16(2)25-30-26-21/h3-11,13H,12,14H2,1-2H3,(H,24,28). The molecule has 7 nitrogen and oxygen atoms in total. The number of nitrogens with one attached hydrogen (secondary N) is 1. The molecule has 0 unspecified atom stereocenters. The topological polar surface area (TPSA) is 81.9 Å². The minimum atomic E-state index is -0.220. The Bertz CT molecular complexity index is 1170. The Morgan fingerprint density at radius 1 is 1.13 bits per heavy atom. The van der Waals surface area contributed by atoms with Crippen molar-refractivity contribution in [3.63, 3.8) is 0 Å².